The van der Waals surface area contributed by atoms with Crippen molar-refractivity contribution >= 4 is 40.4 Å². The molecule has 2 atom stereocenters. The Balaban J connectivity index is 1.61. The molecule has 1 fully saturated rings. The molecule has 3 rings (SSSR count). The number of carbonyl (C=O) groups is 1. The van der Waals surface area contributed by atoms with E-state index in [9.17, 15) is 9.18 Å². The van der Waals surface area contributed by atoms with Crippen molar-refractivity contribution in [2.75, 3.05) is 0 Å². The second-order valence-corrected chi connectivity index (χ2v) is 6.99. The smallest absolute Gasteiger partial charge is 0.224 e. The molecule has 0 unspecified atom stereocenters. The van der Waals surface area contributed by atoms with Crippen molar-refractivity contribution in [3.8, 4) is 0 Å². The van der Waals surface area contributed by atoms with E-state index < -0.39 is 0 Å². The van der Waals surface area contributed by atoms with Crippen LogP contribution in [0.25, 0.3) is 0 Å². The van der Waals surface area contributed by atoms with Crippen LogP contribution in [0.2, 0.25) is 9.49 Å². The largest absolute Gasteiger partial charge is 0.351 e. The highest BCUT2D eigenvalue weighted by atomic mass is 35.5. The molecule has 0 radical (unpaired) electrons. The van der Waals surface area contributed by atoms with Crippen LogP contribution >= 0.6 is 34.5 Å². The monoisotopic (exact) mass is 344 g/mol. The van der Waals surface area contributed by atoms with Crippen LogP contribution in [0.3, 0.4) is 0 Å². The van der Waals surface area contributed by atoms with E-state index in [4.69, 9.17) is 23.2 Å². The minimum absolute atomic E-state index is 0.0937. The summed E-state index contributed by atoms with van der Waals surface area (Å²) < 4.78 is 14.2. The Morgan fingerprint density at radius 2 is 2.29 bits per heavy atom. The molecule has 21 heavy (non-hydrogen) atoms. The SMILES string of the molecule is O=C(NCc1cnc(Cl)s1)[C@@H]1C[C@H]1c1c(F)cccc1Cl. The number of carbonyl (C=O) groups excluding carboxylic acids is 1. The van der Waals surface area contributed by atoms with E-state index in [-0.39, 0.29) is 23.6 Å². The Bertz CT molecular complexity index is 671. The van der Waals surface area contributed by atoms with E-state index >= 15 is 0 Å². The lowest BCUT2D eigenvalue weighted by Crippen LogP contribution is -2.24. The third-order valence-corrected chi connectivity index (χ3v) is 4.90. The number of benzene rings is 1. The lowest BCUT2D eigenvalue weighted by molar-refractivity contribution is -0.122. The predicted molar refractivity (Wildman–Crippen MR) is 81.2 cm³/mol. The van der Waals surface area contributed by atoms with Gasteiger partial charge < -0.3 is 5.32 Å². The van der Waals surface area contributed by atoms with Crippen molar-refractivity contribution in [1.29, 1.82) is 0 Å². The van der Waals surface area contributed by atoms with Gasteiger partial charge >= 0.3 is 0 Å². The molecular weight excluding hydrogens is 334 g/mol. The molecule has 1 heterocycles. The van der Waals surface area contributed by atoms with E-state index in [2.05, 4.69) is 10.3 Å². The summed E-state index contributed by atoms with van der Waals surface area (Å²) in [5.41, 5.74) is 0.445. The van der Waals surface area contributed by atoms with Crippen molar-refractivity contribution < 1.29 is 9.18 Å². The minimum Gasteiger partial charge on any atom is -0.351 e. The van der Waals surface area contributed by atoms with Crippen LogP contribution in [0.1, 0.15) is 22.8 Å². The third kappa shape index (κ3) is 3.20. The Morgan fingerprint density at radius 3 is 2.95 bits per heavy atom. The van der Waals surface area contributed by atoms with Gasteiger partial charge in [0.2, 0.25) is 5.91 Å². The summed E-state index contributed by atoms with van der Waals surface area (Å²) in [6.45, 7) is 0.386. The molecular formula is C14H11Cl2FN2OS. The van der Waals surface area contributed by atoms with Gasteiger partial charge in [0.05, 0.1) is 6.54 Å². The topological polar surface area (TPSA) is 42.0 Å². The summed E-state index contributed by atoms with van der Waals surface area (Å²) in [5, 5.41) is 3.20. The molecule has 1 N–H and O–H groups in total. The van der Waals surface area contributed by atoms with Gasteiger partial charge in [-0.3, -0.25) is 4.79 Å². The fourth-order valence-corrected chi connectivity index (χ4v) is 3.56. The number of hydrogen-bond acceptors (Lipinski definition) is 3. The van der Waals surface area contributed by atoms with Gasteiger partial charge in [-0.25, -0.2) is 9.37 Å². The molecule has 1 aromatic carbocycles. The molecule has 0 spiro atoms. The predicted octanol–water partition coefficient (Wildman–Crippen LogP) is 4.01. The lowest BCUT2D eigenvalue weighted by Gasteiger charge is -2.06. The van der Waals surface area contributed by atoms with Gasteiger partial charge in [0.1, 0.15) is 5.82 Å². The van der Waals surface area contributed by atoms with E-state index in [1.165, 1.54) is 17.4 Å². The number of hydrogen-bond donors (Lipinski definition) is 1. The maximum Gasteiger partial charge on any atom is 0.224 e. The van der Waals surface area contributed by atoms with Crippen molar-refractivity contribution in [1.82, 2.24) is 10.3 Å². The van der Waals surface area contributed by atoms with Crippen LogP contribution in [-0.2, 0) is 11.3 Å². The standard InChI is InChI=1S/C14H11Cl2FN2OS/c15-10-2-1-3-11(17)12(10)8-4-9(8)13(20)18-5-7-6-19-14(16)21-7/h1-3,6,8-9H,4-5H2,(H,18,20)/t8-,9-/m1/s1. The molecule has 0 saturated heterocycles. The normalized spacial score (nSPS) is 20.3. The zero-order valence-corrected chi connectivity index (χ0v) is 13.1. The summed E-state index contributed by atoms with van der Waals surface area (Å²) in [4.78, 5) is 16.9. The summed E-state index contributed by atoms with van der Waals surface area (Å²) in [6, 6.07) is 4.58. The molecule has 3 nitrogen and oxygen atoms in total. The molecule has 0 bridgehead atoms. The summed E-state index contributed by atoms with van der Waals surface area (Å²) in [6.07, 6.45) is 2.25. The maximum absolute atomic E-state index is 13.8. The van der Waals surface area contributed by atoms with Gasteiger partial charge in [-0.05, 0) is 18.6 Å². The minimum atomic E-state index is -0.350. The fourth-order valence-electron chi connectivity index (χ4n) is 2.34. The Hall–Kier alpha value is -1.17. The highest BCUT2D eigenvalue weighted by molar-refractivity contribution is 7.15. The quantitative estimate of drug-likeness (QED) is 0.910. The van der Waals surface area contributed by atoms with Crippen LogP contribution in [0.15, 0.2) is 24.4 Å². The Labute approximate surface area is 135 Å². The number of thiazole rings is 1. The van der Waals surface area contributed by atoms with E-state index in [0.717, 1.165) is 4.88 Å². The Morgan fingerprint density at radius 1 is 1.48 bits per heavy atom. The first kappa shape index (κ1) is 14.8. The van der Waals surface area contributed by atoms with Gasteiger partial charge in [-0.15, -0.1) is 11.3 Å². The molecule has 110 valence electrons. The average molecular weight is 345 g/mol. The van der Waals surface area contributed by atoms with Crippen molar-refractivity contribution in [2.45, 2.75) is 18.9 Å². The maximum atomic E-state index is 13.8. The average Bonchev–Trinajstić information content (AvgIpc) is 3.11. The van der Waals surface area contributed by atoms with Crippen molar-refractivity contribution in [3.63, 3.8) is 0 Å². The number of amides is 1. The van der Waals surface area contributed by atoms with Crippen LogP contribution in [0, 0.1) is 11.7 Å². The first-order valence-corrected chi connectivity index (χ1v) is 7.95. The van der Waals surface area contributed by atoms with E-state index in [0.29, 0.717) is 28.0 Å². The fraction of sp³-hybridized carbons (Fsp3) is 0.286. The highest BCUT2D eigenvalue weighted by Gasteiger charge is 2.46. The van der Waals surface area contributed by atoms with Crippen LogP contribution < -0.4 is 5.32 Å². The van der Waals surface area contributed by atoms with Gasteiger partial charge in [0, 0.05) is 33.5 Å². The molecule has 1 amide bonds. The molecule has 0 aliphatic heterocycles. The zero-order chi connectivity index (χ0) is 15.0. The number of nitrogens with zero attached hydrogens (tertiary/aromatic N) is 1. The molecule has 1 aromatic heterocycles. The molecule has 2 aromatic rings. The van der Waals surface area contributed by atoms with Gasteiger partial charge in [-0.1, -0.05) is 29.3 Å². The first-order valence-electron chi connectivity index (χ1n) is 6.38. The Kier molecular flexibility index (Phi) is 4.15. The summed E-state index contributed by atoms with van der Waals surface area (Å²) in [5.74, 6) is -0.799. The van der Waals surface area contributed by atoms with Gasteiger partial charge in [0.15, 0.2) is 4.47 Å². The van der Waals surface area contributed by atoms with Gasteiger partial charge in [-0.2, -0.15) is 0 Å². The van der Waals surface area contributed by atoms with Crippen LogP contribution in [-0.4, -0.2) is 10.9 Å². The van der Waals surface area contributed by atoms with Gasteiger partial charge in [0.25, 0.3) is 0 Å². The summed E-state index contributed by atoms with van der Waals surface area (Å²) >= 11 is 13.1. The van der Waals surface area contributed by atoms with Crippen LogP contribution in [0.4, 0.5) is 4.39 Å². The number of aromatic nitrogens is 1. The number of nitrogens with one attached hydrogen (secondary N) is 1. The molecule has 1 saturated carbocycles. The second-order valence-electron chi connectivity index (χ2n) is 4.88. The summed E-state index contributed by atoms with van der Waals surface area (Å²) in [7, 11) is 0. The zero-order valence-electron chi connectivity index (χ0n) is 10.8. The number of halogens is 3. The number of rotatable bonds is 4. The second kappa shape index (κ2) is 5.91. The molecule has 1 aliphatic carbocycles. The van der Waals surface area contributed by atoms with E-state index in [1.807, 2.05) is 0 Å². The van der Waals surface area contributed by atoms with Crippen molar-refractivity contribution in [3.05, 3.63) is 50.1 Å². The third-order valence-electron chi connectivity index (χ3n) is 3.46. The van der Waals surface area contributed by atoms with Crippen molar-refractivity contribution in [2.24, 2.45) is 5.92 Å². The molecule has 7 heteroatoms. The first-order chi connectivity index (χ1) is 10.1. The van der Waals surface area contributed by atoms with E-state index in [1.54, 1.807) is 18.3 Å². The lowest BCUT2D eigenvalue weighted by atomic mass is 10.1. The van der Waals surface area contributed by atoms with Crippen LogP contribution in [0.5, 0.6) is 0 Å². The highest BCUT2D eigenvalue weighted by Crippen LogP contribution is 2.50. The molecule has 1 aliphatic rings.